The molecule has 2 heterocycles. The van der Waals surface area contributed by atoms with Gasteiger partial charge in [-0.3, -0.25) is 9.59 Å². The summed E-state index contributed by atoms with van der Waals surface area (Å²) in [5.41, 5.74) is 0.0732. The third-order valence-corrected chi connectivity index (χ3v) is 4.63. The third-order valence-electron chi connectivity index (χ3n) is 4.63. The molecule has 2 aliphatic rings. The Hall–Kier alpha value is -2.28. The molecule has 1 atom stereocenters. The maximum atomic E-state index is 13.1. The fraction of sp³-hybridized carbons (Fsp3) is 0.556. The van der Waals surface area contributed by atoms with Gasteiger partial charge in [-0.15, -0.1) is 0 Å². The molecule has 1 unspecified atom stereocenters. The highest BCUT2D eigenvalue weighted by Gasteiger charge is 2.37. The zero-order valence-electron chi connectivity index (χ0n) is 14.5. The Balaban J connectivity index is 1.76. The molecular weight excluding hydrogens is 326 g/mol. The summed E-state index contributed by atoms with van der Waals surface area (Å²) >= 11 is 0. The van der Waals surface area contributed by atoms with Crippen molar-refractivity contribution >= 4 is 11.9 Å². The Morgan fingerprint density at radius 2 is 1.92 bits per heavy atom. The van der Waals surface area contributed by atoms with Crippen molar-refractivity contribution in [1.82, 2.24) is 4.90 Å². The highest BCUT2D eigenvalue weighted by atomic mass is 16.6. The molecule has 3 rings (SSSR count). The van der Waals surface area contributed by atoms with E-state index in [0.717, 1.165) is 5.56 Å². The van der Waals surface area contributed by atoms with Crippen LogP contribution in [0.1, 0.15) is 25.8 Å². The number of hydrogen-bond donors (Lipinski definition) is 1. The first-order valence-corrected chi connectivity index (χ1v) is 8.41. The lowest BCUT2D eigenvalue weighted by Gasteiger charge is -2.37. The van der Waals surface area contributed by atoms with Crippen molar-refractivity contribution in [2.24, 2.45) is 0 Å². The van der Waals surface area contributed by atoms with E-state index in [1.807, 2.05) is 32.0 Å². The maximum Gasteiger partial charge on any atom is 0.306 e. The molecule has 7 nitrogen and oxygen atoms in total. The second kappa shape index (κ2) is 6.92. The van der Waals surface area contributed by atoms with Gasteiger partial charge < -0.3 is 24.2 Å². The molecule has 1 saturated heterocycles. The van der Waals surface area contributed by atoms with Gasteiger partial charge >= 0.3 is 5.97 Å². The van der Waals surface area contributed by atoms with Crippen molar-refractivity contribution in [3.63, 3.8) is 0 Å². The number of carboxylic acid groups (broad SMARTS) is 1. The molecule has 0 radical (unpaired) electrons. The van der Waals surface area contributed by atoms with E-state index in [0.29, 0.717) is 44.4 Å². The predicted octanol–water partition coefficient (Wildman–Crippen LogP) is 1.44. The monoisotopic (exact) mass is 349 g/mol. The van der Waals surface area contributed by atoms with Crippen LogP contribution in [0.5, 0.6) is 11.5 Å². The van der Waals surface area contributed by atoms with Crippen molar-refractivity contribution in [2.75, 3.05) is 32.9 Å². The van der Waals surface area contributed by atoms with Crippen LogP contribution in [-0.4, -0.2) is 60.9 Å². The van der Waals surface area contributed by atoms with E-state index < -0.39 is 17.5 Å². The van der Waals surface area contributed by atoms with Crippen molar-refractivity contribution in [3.8, 4) is 11.5 Å². The molecule has 2 aliphatic heterocycles. The lowest BCUT2D eigenvalue weighted by molar-refractivity contribution is -0.150. The van der Waals surface area contributed by atoms with Crippen molar-refractivity contribution in [1.29, 1.82) is 0 Å². The van der Waals surface area contributed by atoms with Crippen LogP contribution in [0.15, 0.2) is 18.2 Å². The molecule has 1 N–H and O–H groups in total. The van der Waals surface area contributed by atoms with Gasteiger partial charge in [-0.2, -0.15) is 0 Å². The minimum atomic E-state index is -0.926. The molecule has 0 bridgehead atoms. The topological polar surface area (TPSA) is 85.3 Å². The predicted molar refractivity (Wildman–Crippen MR) is 89.0 cm³/mol. The number of morpholine rings is 1. The van der Waals surface area contributed by atoms with E-state index in [2.05, 4.69) is 0 Å². The van der Waals surface area contributed by atoms with Crippen molar-refractivity contribution in [2.45, 2.75) is 31.8 Å². The Labute approximate surface area is 146 Å². The number of nitrogens with zero attached hydrogens (tertiary/aromatic N) is 1. The number of benzene rings is 1. The summed E-state index contributed by atoms with van der Waals surface area (Å²) in [5.74, 6) is 0.356. The maximum absolute atomic E-state index is 13.1. The van der Waals surface area contributed by atoms with Gasteiger partial charge in [0.15, 0.2) is 11.5 Å². The number of carbonyl (C=O) groups is 2. The first-order chi connectivity index (χ1) is 11.9. The highest BCUT2D eigenvalue weighted by molar-refractivity contribution is 5.87. The van der Waals surface area contributed by atoms with Gasteiger partial charge in [0.05, 0.1) is 24.5 Å². The van der Waals surface area contributed by atoms with Gasteiger partial charge in [0, 0.05) is 13.1 Å². The lowest BCUT2D eigenvalue weighted by Crippen LogP contribution is -2.51. The van der Waals surface area contributed by atoms with E-state index in [9.17, 15) is 9.59 Å². The molecule has 0 aromatic heterocycles. The number of carbonyl (C=O) groups excluding carboxylic acids is 1. The second-order valence-corrected chi connectivity index (χ2v) is 6.83. The minimum Gasteiger partial charge on any atom is -0.486 e. The van der Waals surface area contributed by atoms with Crippen LogP contribution in [0.4, 0.5) is 0 Å². The first kappa shape index (κ1) is 17.5. The highest BCUT2D eigenvalue weighted by Crippen LogP contribution is 2.36. The molecular formula is C18H23NO6. The van der Waals surface area contributed by atoms with Gasteiger partial charge in [0.25, 0.3) is 0 Å². The molecule has 1 aromatic carbocycles. The van der Waals surface area contributed by atoms with Crippen LogP contribution in [0.25, 0.3) is 0 Å². The zero-order valence-corrected chi connectivity index (χ0v) is 14.5. The second-order valence-electron chi connectivity index (χ2n) is 6.83. The smallest absolute Gasteiger partial charge is 0.306 e. The SMILES string of the molecule is CC(C)(C(=O)N1CCOC(CC(=O)O)C1)c1ccc2c(c1)OCCO2. The molecule has 1 fully saturated rings. The van der Waals surface area contributed by atoms with Crippen LogP contribution < -0.4 is 9.47 Å². The van der Waals surface area contributed by atoms with Gasteiger partial charge in [-0.25, -0.2) is 0 Å². The fourth-order valence-corrected chi connectivity index (χ4v) is 3.17. The minimum absolute atomic E-state index is 0.0529. The van der Waals surface area contributed by atoms with E-state index in [1.54, 1.807) is 4.90 Å². The summed E-state index contributed by atoms with van der Waals surface area (Å²) in [7, 11) is 0. The van der Waals surface area contributed by atoms with Crippen LogP contribution in [0, 0.1) is 0 Å². The number of aliphatic carboxylic acids is 1. The quantitative estimate of drug-likeness (QED) is 0.885. The van der Waals surface area contributed by atoms with Gasteiger partial charge in [0.2, 0.25) is 5.91 Å². The summed E-state index contributed by atoms with van der Waals surface area (Å²) in [6.45, 7) is 5.84. The molecule has 25 heavy (non-hydrogen) atoms. The van der Waals surface area contributed by atoms with Crippen molar-refractivity contribution < 1.29 is 28.9 Å². The van der Waals surface area contributed by atoms with Crippen LogP contribution in [0.2, 0.25) is 0 Å². The standard InChI is InChI=1S/C18H23NO6/c1-18(2,12-3-4-14-15(9-12)25-8-7-24-14)17(22)19-5-6-23-13(11-19)10-16(20)21/h3-4,9,13H,5-8,10-11H2,1-2H3,(H,20,21). The van der Waals surface area contributed by atoms with Gasteiger partial charge in [0.1, 0.15) is 13.2 Å². The largest absolute Gasteiger partial charge is 0.486 e. The fourth-order valence-electron chi connectivity index (χ4n) is 3.17. The molecule has 7 heteroatoms. The summed E-state index contributed by atoms with van der Waals surface area (Å²) in [6, 6.07) is 5.55. The average Bonchev–Trinajstić information content (AvgIpc) is 2.60. The normalized spacial score (nSPS) is 20.2. The number of fused-ring (bicyclic) bond motifs is 1. The molecule has 0 saturated carbocycles. The lowest BCUT2D eigenvalue weighted by atomic mass is 9.82. The zero-order chi connectivity index (χ0) is 18.0. The summed E-state index contributed by atoms with van der Waals surface area (Å²) in [6.07, 6.45) is -0.569. The van der Waals surface area contributed by atoms with Crippen LogP contribution in [0.3, 0.4) is 0 Å². The Kier molecular flexibility index (Phi) is 4.85. The number of rotatable bonds is 4. The molecule has 1 aromatic rings. The van der Waals surface area contributed by atoms with Gasteiger partial charge in [-0.05, 0) is 31.5 Å². The van der Waals surface area contributed by atoms with Crippen LogP contribution >= 0.6 is 0 Å². The molecule has 0 spiro atoms. The first-order valence-electron chi connectivity index (χ1n) is 8.41. The van der Waals surface area contributed by atoms with Gasteiger partial charge in [-0.1, -0.05) is 6.07 Å². The number of hydrogen-bond acceptors (Lipinski definition) is 5. The number of ether oxygens (including phenoxy) is 3. The summed E-state index contributed by atoms with van der Waals surface area (Å²) in [5, 5.41) is 8.93. The Bertz CT molecular complexity index is 672. The Morgan fingerprint density at radius 1 is 1.20 bits per heavy atom. The number of amides is 1. The van der Waals surface area contributed by atoms with E-state index >= 15 is 0 Å². The van der Waals surface area contributed by atoms with E-state index in [4.69, 9.17) is 19.3 Å². The van der Waals surface area contributed by atoms with Crippen molar-refractivity contribution in [3.05, 3.63) is 23.8 Å². The molecule has 0 aliphatic carbocycles. The average molecular weight is 349 g/mol. The Morgan fingerprint density at radius 3 is 2.64 bits per heavy atom. The summed E-state index contributed by atoms with van der Waals surface area (Å²) in [4.78, 5) is 25.6. The summed E-state index contributed by atoms with van der Waals surface area (Å²) < 4.78 is 16.6. The third kappa shape index (κ3) is 3.71. The number of carboxylic acids is 1. The van der Waals surface area contributed by atoms with Crippen LogP contribution in [-0.2, 0) is 19.7 Å². The van der Waals surface area contributed by atoms with E-state index in [-0.39, 0.29) is 12.3 Å². The molecule has 1 amide bonds. The van der Waals surface area contributed by atoms with E-state index in [1.165, 1.54) is 0 Å². The molecule has 136 valence electrons.